The van der Waals surface area contributed by atoms with Crippen molar-refractivity contribution in [2.24, 2.45) is 5.92 Å². The van der Waals surface area contributed by atoms with Crippen molar-refractivity contribution >= 4 is 51.8 Å². The summed E-state index contributed by atoms with van der Waals surface area (Å²) in [5.74, 6) is -0.842. The summed E-state index contributed by atoms with van der Waals surface area (Å²) in [4.78, 5) is 40.8. The number of rotatable bonds is 4. The number of amides is 3. The fourth-order valence-corrected chi connectivity index (χ4v) is 3.79. The quantitative estimate of drug-likeness (QED) is 0.760. The molecule has 2 aromatic rings. The van der Waals surface area contributed by atoms with E-state index in [1.807, 2.05) is 0 Å². The predicted molar refractivity (Wildman–Crippen MR) is 112 cm³/mol. The van der Waals surface area contributed by atoms with Crippen molar-refractivity contribution in [3.8, 4) is 0 Å². The SMILES string of the molecule is CN(C)C(=O)Sc1ccccc1NC(=O)C1CC(=O)N(c2cccc(Cl)c2)C1. The Hall–Kier alpha value is -2.51. The molecule has 1 fully saturated rings. The highest BCUT2D eigenvalue weighted by Gasteiger charge is 2.35. The van der Waals surface area contributed by atoms with Gasteiger partial charge in [-0.05, 0) is 42.1 Å². The van der Waals surface area contributed by atoms with Crippen LogP contribution in [0.15, 0.2) is 53.4 Å². The van der Waals surface area contributed by atoms with Gasteiger partial charge < -0.3 is 15.1 Å². The monoisotopic (exact) mass is 417 g/mol. The zero-order valence-corrected chi connectivity index (χ0v) is 17.1. The lowest BCUT2D eigenvalue weighted by Crippen LogP contribution is -2.28. The van der Waals surface area contributed by atoms with Crippen LogP contribution in [0.1, 0.15) is 6.42 Å². The van der Waals surface area contributed by atoms with Crippen LogP contribution in [0, 0.1) is 5.92 Å². The summed E-state index contributed by atoms with van der Waals surface area (Å²) in [5, 5.41) is 3.27. The molecule has 6 nitrogen and oxygen atoms in total. The van der Waals surface area contributed by atoms with Gasteiger partial charge >= 0.3 is 0 Å². The van der Waals surface area contributed by atoms with Crippen molar-refractivity contribution in [2.45, 2.75) is 11.3 Å². The standard InChI is InChI=1S/C20H20ClN3O3S/c1-23(2)20(27)28-17-9-4-3-8-16(17)22-19(26)13-10-18(25)24(12-13)15-7-5-6-14(21)11-15/h3-9,11,13H,10,12H2,1-2H3,(H,22,26). The van der Waals surface area contributed by atoms with Gasteiger partial charge in [0.15, 0.2) is 0 Å². The van der Waals surface area contributed by atoms with Gasteiger partial charge in [-0.25, -0.2) is 0 Å². The molecule has 0 bridgehead atoms. The molecule has 1 heterocycles. The van der Waals surface area contributed by atoms with Gasteiger partial charge in [-0.15, -0.1) is 0 Å². The number of thioether (sulfide) groups is 1. The molecule has 1 unspecified atom stereocenters. The zero-order valence-electron chi connectivity index (χ0n) is 15.5. The molecule has 2 aromatic carbocycles. The molecule has 1 N–H and O–H groups in total. The molecule has 3 amide bonds. The van der Waals surface area contributed by atoms with Crippen molar-refractivity contribution in [2.75, 3.05) is 30.9 Å². The van der Waals surface area contributed by atoms with Crippen molar-refractivity contribution in [1.29, 1.82) is 0 Å². The Morgan fingerprint density at radius 3 is 2.64 bits per heavy atom. The largest absolute Gasteiger partial charge is 0.339 e. The van der Waals surface area contributed by atoms with E-state index >= 15 is 0 Å². The first kappa shape index (κ1) is 20.2. The fraction of sp³-hybridized carbons (Fsp3) is 0.250. The highest BCUT2D eigenvalue weighted by atomic mass is 35.5. The number of hydrogen-bond acceptors (Lipinski definition) is 4. The lowest BCUT2D eigenvalue weighted by molar-refractivity contribution is -0.122. The van der Waals surface area contributed by atoms with Crippen LogP contribution in [0.3, 0.4) is 0 Å². The van der Waals surface area contributed by atoms with Gasteiger partial charge in [0, 0.05) is 42.7 Å². The van der Waals surface area contributed by atoms with E-state index in [9.17, 15) is 14.4 Å². The van der Waals surface area contributed by atoms with Crippen LogP contribution in [0.5, 0.6) is 0 Å². The highest BCUT2D eigenvalue weighted by Crippen LogP contribution is 2.31. The van der Waals surface area contributed by atoms with E-state index in [2.05, 4.69) is 5.32 Å². The van der Waals surface area contributed by atoms with Crippen molar-refractivity contribution < 1.29 is 14.4 Å². The third-order valence-electron chi connectivity index (χ3n) is 4.32. The van der Waals surface area contributed by atoms with Crippen LogP contribution in [0.2, 0.25) is 5.02 Å². The second-order valence-electron chi connectivity index (χ2n) is 6.63. The molecule has 0 aromatic heterocycles. The maximum absolute atomic E-state index is 12.8. The zero-order chi connectivity index (χ0) is 20.3. The van der Waals surface area contributed by atoms with E-state index in [0.717, 1.165) is 11.8 Å². The average molecular weight is 418 g/mol. The molecule has 8 heteroatoms. The molecule has 1 aliphatic rings. The highest BCUT2D eigenvalue weighted by molar-refractivity contribution is 8.13. The summed E-state index contributed by atoms with van der Waals surface area (Å²) in [6.07, 6.45) is 0.129. The van der Waals surface area contributed by atoms with Gasteiger partial charge in [-0.1, -0.05) is 29.8 Å². The van der Waals surface area contributed by atoms with Crippen LogP contribution in [-0.2, 0) is 9.59 Å². The first-order valence-corrected chi connectivity index (χ1v) is 9.89. The van der Waals surface area contributed by atoms with E-state index < -0.39 is 5.92 Å². The summed E-state index contributed by atoms with van der Waals surface area (Å²) < 4.78 is 0. The van der Waals surface area contributed by atoms with Crippen LogP contribution < -0.4 is 10.2 Å². The molecule has 1 aliphatic heterocycles. The predicted octanol–water partition coefficient (Wildman–Crippen LogP) is 4.11. The number of carbonyl (C=O) groups is 3. The molecule has 1 atom stereocenters. The number of halogens is 1. The molecule has 0 spiro atoms. The molecule has 0 saturated carbocycles. The van der Waals surface area contributed by atoms with Crippen LogP contribution in [0.25, 0.3) is 0 Å². The Labute approximate surface area is 172 Å². The van der Waals surface area contributed by atoms with Gasteiger partial charge in [0.2, 0.25) is 11.8 Å². The topological polar surface area (TPSA) is 69.7 Å². The number of nitrogens with one attached hydrogen (secondary N) is 1. The summed E-state index contributed by atoms with van der Waals surface area (Å²) in [6, 6.07) is 14.1. The molecular formula is C20H20ClN3O3S. The Morgan fingerprint density at radius 2 is 1.93 bits per heavy atom. The summed E-state index contributed by atoms with van der Waals surface area (Å²) in [5.41, 5.74) is 1.24. The minimum absolute atomic E-state index is 0.118. The fourth-order valence-electron chi connectivity index (χ4n) is 2.86. The van der Waals surface area contributed by atoms with Gasteiger partial charge in [-0.2, -0.15) is 0 Å². The number of para-hydroxylation sites is 1. The smallest absolute Gasteiger partial charge is 0.286 e. The Balaban J connectivity index is 1.71. The Kier molecular flexibility index (Phi) is 6.26. The molecule has 28 heavy (non-hydrogen) atoms. The second-order valence-corrected chi connectivity index (χ2v) is 8.06. The third-order valence-corrected chi connectivity index (χ3v) is 5.67. The van der Waals surface area contributed by atoms with E-state index in [1.165, 1.54) is 4.90 Å². The Bertz CT molecular complexity index is 919. The number of hydrogen-bond donors (Lipinski definition) is 1. The molecule has 0 aliphatic carbocycles. The lowest BCUT2D eigenvalue weighted by Gasteiger charge is -2.17. The van der Waals surface area contributed by atoms with E-state index in [4.69, 9.17) is 11.6 Å². The van der Waals surface area contributed by atoms with Crippen LogP contribution >= 0.6 is 23.4 Å². The van der Waals surface area contributed by atoms with Gasteiger partial charge in [0.05, 0.1) is 11.6 Å². The Morgan fingerprint density at radius 1 is 1.18 bits per heavy atom. The summed E-state index contributed by atoms with van der Waals surface area (Å²) in [7, 11) is 3.34. The van der Waals surface area contributed by atoms with Gasteiger partial charge in [-0.3, -0.25) is 14.4 Å². The molecule has 3 rings (SSSR count). The van der Waals surface area contributed by atoms with Crippen molar-refractivity contribution in [1.82, 2.24) is 4.90 Å². The third kappa shape index (κ3) is 4.66. The van der Waals surface area contributed by atoms with Crippen molar-refractivity contribution in [3.63, 3.8) is 0 Å². The molecule has 0 radical (unpaired) electrons. The number of anilines is 2. The molecular weight excluding hydrogens is 398 g/mol. The van der Waals surface area contributed by atoms with Crippen molar-refractivity contribution in [3.05, 3.63) is 53.6 Å². The lowest BCUT2D eigenvalue weighted by atomic mass is 10.1. The maximum atomic E-state index is 12.8. The van der Waals surface area contributed by atoms with Crippen LogP contribution in [0.4, 0.5) is 16.2 Å². The number of benzene rings is 2. The average Bonchev–Trinajstić information content (AvgIpc) is 3.05. The number of carbonyl (C=O) groups excluding carboxylic acids is 3. The van der Waals surface area contributed by atoms with E-state index in [-0.39, 0.29) is 30.0 Å². The summed E-state index contributed by atoms with van der Waals surface area (Å²) >= 11 is 7.05. The normalized spacial score (nSPS) is 16.2. The maximum Gasteiger partial charge on any atom is 0.286 e. The minimum Gasteiger partial charge on any atom is -0.339 e. The van der Waals surface area contributed by atoms with Gasteiger partial charge in [0.1, 0.15) is 0 Å². The second kappa shape index (κ2) is 8.67. The van der Waals surface area contributed by atoms with Crippen LogP contribution in [-0.4, -0.2) is 42.6 Å². The first-order chi connectivity index (χ1) is 13.3. The summed E-state index contributed by atoms with van der Waals surface area (Å²) in [6.45, 7) is 0.289. The van der Waals surface area contributed by atoms with E-state index in [0.29, 0.717) is 21.3 Å². The molecule has 1 saturated heterocycles. The van der Waals surface area contributed by atoms with Gasteiger partial charge in [0.25, 0.3) is 5.24 Å². The first-order valence-electron chi connectivity index (χ1n) is 8.70. The minimum atomic E-state index is -0.478. The molecule has 146 valence electrons. The van der Waals surface area contributed by atoms with E-state index in [1.54, 1.807) is 67.5 Å². The number of nitrogens with zero attached hydrogens (tertiary/aromatic N) is 2.